The Hall–Kier alpha value is -1.34. The Morgan fingerprint density at radius 2 is 2.12 bits per heavy atom. The number of carboxylic acids is 1. The third kappa shape index (κ3) is 2.83. The second-order valence-corrected chi connectivity index (χ2v) is 4.01. The average Bonchev–Trinajstić information content (AvgIpc) is 2.27. The van der Waals surface area contributed by atoms with E-state index in [1.54, 1.807) is 12.1 Å². The van der Waals surface area contributed by atoms with Crippen molar-refractivity contribution in [2.45, 2.75) is 25.1 Å². The Labute approximate surface area is 103 Å². The minimum atomic E-state index is -0.915. The highest BCUT2D eigenvalue weighted by atomic mass is 79.9. The van der Waals surface area contributed by atoms with E-state index >= 15 is 0 Å². The predicted molar refractivity (Wildman–Crippen MR) is 64.5 cm³/mol. The summed E-state index contributed by atoms with van der Waals surface area (Å²) in [6, 6.07) is 5.64. The van der Waals surface area contributed by atoms with Gasteiger partial charge < -0.3 is 5.11 Å². The number of hydrogen-bond acceptors (Lipinski definition) is 2. The van der Waals surface area contributed by atoms with Gasteiger partial charge in [0.15, 0.2) is 0 Å². The molecule has 0 aromatic heterocycles. The molecule has 1 aromatic carbocycles. The maximum Gasteiger partial charge on any atom is 0.307 e. The lowest BCUT2D eigenvalue weighted by Crippen LogP contribution is -2.04. The third-order valence-electron chi connectivity index (χ3n) is 2.41. The Balaban J connectivity index is 3.27. The van der Waals surface area contributed by atoms with Crippen molar-refractivity contribution in [2.24, 2.45) is 0 Å². The monoisotopic (exact) mass is 281 g/mol. The number of carboxylic acid groups (broad SMARTS) is 1. The summed E-state index contributed by atoms with van der Waals surface area (Å²) in [5.74, 6) is -0.915. The molecule has 0 aliphatic heterocycles. The lowest BCUT2D eigenvalue weighted by atomic mass is 9.96. The van der Waals surface area contributed by atoms with Crippen molar-refractivity contribution >= 4 is 21.9 Å². The molecule has 0 saturated heterocycles. The van der Waals surface area contributed by atoms with Crippen LogP contribution in [0.2, 0.25) is 0 Å². The molecule has 0 atom stereocenters. The molecule has 0 bridgehead atoms. The molecular formula is C12H12BrNO2. The van der Waals surface area contributed by atoms with Crippen LogP contribution >= 0.6 is 15.9 Å². The summed E-state index contributed by atoms with van der Waals surface area (Å²) in [4.78, 5) is 10.7. The molecule has 0 aliphatic carbocycles. The number of nitrogens with zero attached hydrogens (tertiary/aromatic N) is 1. The lowest BCUT2D eigenvalue weighted by Gasteiger charge is -2.09. The highest BCUT2D eigenvalue weighted by Crippen LogP contribution is 2.20. The summed E-state index contributed by atoms with van der Waals surface area (Å²) in [5.41, 5.74) is 3.19. The van der Waals surface area contributed by atoms with Gasteiger partial charge in [0.2, 0.25) is 0 Å². The van der Waals surface area contributed by atoms with Crippen molar-refractivity contribution in [3.63, 3.8) is 0 Å². The summed E-state index contributed by atoms with van der Waals surface area (Å²) in [7, 11) is 0. The largest absolute Gasteiger partial charge is 0.481 e. The van der Waals surface area contributed by atoms with Gasteiger partial charge >= 0.3 is 5.97 Å². The maximum absolute atomic E-state index is 10.7. The number of carbonyl (C=O) groups is 1. The zero-order chi connectivity index (χ0) is 12.1. The van der Waals surface area contributed by atoms with Crippen molar-refractivity contribution in [3.05, 3.63) is 34.4 Å². The van der Waals surface area contributed by atoms with Crippen molar-refractivity contribution < 1.29 is 9.90 Å². The summed E-state index contributed by atoms with van der Waals surface area (Å²) < 4.78 is 0. The summed E-state index contributed by atoms with van der Waals surface area (Å²) in [6.07, 6.45) is 0.732. The Kier molecular flexibility index (Phi) is 4.51. The van der Waals surface area contributed by atoms with Gasteiger partial charge in [-0.15, -0.1) is 0 Å². The summed E-state index contributed by atoms with van der Waals surface area (Å²) in [6.45, 7) is 2.01. The first-order chi connectivity index (χ1) is 7.62. The molecule has 0 fully saturated rings. The molecular weight excluding hydrogens is 270 g/mol. The molecule has 0 amide bonds. The molecule has 84 valence electrons. The van der Waals surface area contributed by atoms with Crippen molar-refractivity contribution in [2.75, 3.05) is 0 Å². The summed E-state index contributed by atoms with van der Waals surface area (Å²) in [5, 5.41) is 18.4. The van der Waals surface area contributed by atoms with E-state index in [0.29, 0.717) is 16.5 Å². The fourth-order valence-electron chi connectivity index (χ4n) is 1.61. The zero-order valence-electron chi connectivity index (χ0n) is 8.96. The van der Waals surface area contributed by atoms with Crippen LogP contribution in [-0.4, -0.2) is 11.1 Å². The van der Waals surface area contributed by atoms with E-state index in [9.17, 15) is 4.79 Å². The van der Waals surface area contributed by atoms with Crippen LogP contribution in [-0.2, 0) is 23.0 Å². The van der Waals surface area contributed by atoms with E-state index in [1.165, 1.54) is 0 Å². The number of aliphatic carboxylic acids is 1. The number of rotatable bonds is 4. The van der Waals surface area contributed by atoms with Crippen LogP contribution in [0, 0.1) is 11.3 Å². The van der Waals surface area contributed by atoms with Gasteiger partial charge in [0, 0.05) is 5.33 Å². The van der Waals surface area contributed by atoms with Gasteiger partial charge in [0.1, 0.15) is 0 Å². The van der Waals surface area contributed by atoms with Gasteiger partial charge in [-0.1, -0.05) is 28.9 Å². The third-order valence-corrected chi connectivity index (χ3v) is 3.02. The fourth-order valence-corrected chi connectivity index (χ4v) is 2.13. The molecule has 0 spiro atoms. The molecule has 0 saturated carbocycles. The van der Waals surface area contributed by atoms with Gasteiger partial charge in [-0.2, -0.15) is 5.26 Å². The van der Waals surface area contributed by atoms with Crippen LogP contribution < -0.4 is 0 Å². The zero-order valence-corrected chi connectivity index (χ0v) is 10.5. The van der Waals surface area contributed by atoms with Gasteiger partial charge in [0.05, 0.1) is 18.1 Å². The number of nitriles is 1. The first-order valence-corrected chi connectivity index (χ1v) is 6.07. The van der Waals surface area contributed by atoms with Crippen LogP contribution in [0.5, 0.6) is 0 Å². The van der Waals surface area contributed by atoms with E-state index < -0.39 is 5.97 Å². The summed E-state index contributed by atoms with van der Waals surface area (Å²) >= 11 is 3.37. The Bertz CT molecular complexity index is 449. The van der Waals surface area contributed by atoms with Crippen LogP contribution in [0.3, 0.4) is 0 Å². The molecule has 1 aromatic rings. The molecule has 0 aliphatic rings. The number of aryl methyl sites for hydroxylation is 1. The Morgan fingerprint density at radius 3 is 2.56 bits per heavy atom. The van der Waals surface area contributed by atoms with Gasteiger partial charge in [-0.3, -0.25) is 4.79 Å². The van der Waals surface area contributed by atoms with E-state index in [0.717, 1.165) is 17.5 Å². The topological polar surface area (TPSA) is 61.1 Å². The SMILES string of the molecule is CCc1cc(C#N)c(CC(=O)O)cc1CBr. The van der Waals surface area contributed by atoms with E-state index in [1.807, 2.05) is 13.0 Å². The molecule has 16 heavy (non-hydrogen) atoms. The minimum Gasteiger partial charge on any atom is -0.481 e. The van der Waals surface area contributed by atoms with Crippen LogP contribution in [0.25, 0.3) is 0 Å². The van der Waals surface area contributed by atoms with Crippen molar-refractivity contribution in [1.82, 2.24) is 0 Å². The van der Waals surface area contributed by atoms with Gasteiger partial charge in [-0.05, 0) is 29.2 Å². The number of halogens is 1. The quantitative estimate of drug-likeness (QED) is 0.863. The van der Waals surface area contributed by atoms with Crippen molar-refractivity contribution in [1.29, 1.82) is 5.26 Å². The highest BCUT2D eigenvalue weighted by molar-refractivity contribution is 9.08. The molecule has 3 nitrogen and oxygen atoms in total. The molecule has 4 heteroatoms. The first-order valence-electron chi connectivity index (χ1n) is 4.94. The highest BCUT2D eigenvalue weighted by Gasteiger charge is 2.10. The van der Waals surface area contributed by atoms with E-state index in [4.69, 9.17) is 10.4 Å². The lowest BCUT2D eigenvalue weighted by molar-refractivity contribution is -0.136. The molecule has 0 heterocycles. The van der Waals surface area contributed by atoms with E-state index in [2.05, 4.69) is 15.9 Å². The number of alkyl halides is 1. The predicted octanol–water partition coefficient (Wildman–Crippen LogP) is 2.64. The van der Waals surface area contributed by atoms with Crippen LogP contribution in [0.4, 0.5) is 0 Å². The fraction of sp³-hybridized carbons (Fsp3) is 0.333. The second kappa shape index (κ2) is 5.66. The molecule has 1 N–H and O–H groups in total. The number of benzene rings is 1. The molecule has 0 unspecified atom stereocenters. The maximum atomic E-state index is 10.7. The standard InChI is InChI=1S/C12H12BrNO2/c1-2-8-3-11(7-14)9(5-12(15)16)4-10(8)6-13/h3-4H,2,5-6H2,1H3,(H,15,16). The van der Waals surface area contributed by atoms with Crippen LogP contribution in [0.15, 0.2) is 12.1 Å². The Morgan fingerprint density at radius 1 is 1.44 bits per heavy atom. The van der Waals surface area contributed by atoms with Crippen LogP contribution in [0.1, 0.15) is 29.2 Å². The smallest absolute Gasteiger partial charge is 0.307 e. The van der Waals surface area contributed by atoms with Crippen molar-refractivity contribution in [3.8, 4) is 6.07 Å². The molecule has 0 radical (unpaired) electrons. The first kappa shape index (κ1) is 12.7. The van der Waals surface area contributed by atoms with Gasteiger partial charge in [-0.25, -0.2) is 0 Å². The minimum absolute atomic E-state index is 0.104. The average molecular weight is 282 g/mol. The molecule has 1 rings (SSSR count). The normalized spacial score (nSPS) is 9.81. The second-order valence-electron chi connectivity index (χ2n) is 3.45. The number of hydrogen-bond donors (Lipinski definition) is 1. The van der Waals surface area contributed by atoms with E-state index in [-0.39, 0.29) is 6.42 Å². The van der Waals surface area contributed by atoms with Gasteiger partial charge in [0.25, 0.3) is 0 Å².